The minimum atomic E-state index is -0.251. The second-order valence-corrected chi connectivity index (χ2v) is 5.44. The van der Waals surface area contributed by atoms with Gasteiger partial charge in [0.05, 0.1) is 6.26 Å². The van der Waals surface area contributed by atoms with Gasteiger partial charge in [0.2, 0.25) is 5.91 Å². The summed E-state index contributed by atoms with van der Waals surface area (Å²) in [5, 5.41) is 2.93. The standard InChI is InChI=1S/C20H15N3O2/c24-18(12-11-16-9-6-14-25-16)22-20-19(15-7-2-1-3-8-15)21-17-10-4-5-13-23(17)20/h1-14H,(H,22,24)/b12-11+. The maximum atomic E-state index is 12.4. The molecule has 0 spiro atoms. The topological polar surface area (TPSA) is 59.5 Å². The zero-order chi connectivity index (χ0) is 17.1. The number of carbonyl (C=O) groups is 1. The molecule has 0 bridgehead atoms. The SMILES string of the molecule is O=C(/C=C/c1ccco1)Nc1c(-c2ccccc2)nc2ccccn12. The largest absolute Gasteiger partial charge is 0.465 e. The zero-order valence-electron chi connectivity index (χ0n) is 13.3. The van der Waals surface area contributed by atoms with Gasteiger partial charge in [0, 0.05) is 17.8 Å². The Morgan fingerprint density at radius 1 is 1.04 bits per heavy atom. The summed E-state index contributed by atoms with van der Waals surface area (Å²) in [6.07, 6.45) is 6.51. The number of hydrogen-bond acceptors (Lipinski definition) is 3. The van der Waals surface area contributed by atoms with Crippen LogP contribution in [0.25, 0.3) is 23.0 Å². The van der Waals surface area contributed by atoms with E-state index in [4.69, 9.17) is 4.42 Å². The van der Waals surface area contributed by atoms with Crippen molar-refractivity contribution in [2.75, 3.05) is 5.32 Å². The van der Waals surface area contributed by atoms with Crippen LogP contribution in [0.3, 0.4) is 0 Å². The number of benzene rings is 1. The van der Waals surface area contributed by atoms with Crippen LogP contribution >= 0.6 is 0 Å². The van der Waals surface area contributed by atoms with Gasteiger partial charge >= 0.3 is 0 Å². The number of carbonyl (C=O) groups excluding carboxylic acids is 1. The molecule has 5 heteroatoms. The van der Waals surface area contributed by atoms with E-state index in [1.807, 2.05) is 59.1 Å². The van der Waals surface area contributed by atoms with E-state index in [0.29, 0.717) is 11.6 Å². The molecule has 3 heterocycles. The number of anilines is 1. The Balaban J connectivity index is 1.71. The third-order valence-electron chi connectivity index (χ3n) is 3.76. The van der Waals surface area contributed by atoms with Crippen LogP contribution in [0.1, 0.15) is 5.76 Å². The lowest BCUT2D eigenvalue weighted by molar-refractivity contribution is -0.111. The highest BCUT2D eigenvalue weighted by Crippen LogP contribution is 2.28. The number of nitrogens with one attached hydrogen (secondary N) is 1. The molecule has 0 saturated carbocycles. The van der Waals surface area contributed by atoms with E-state index in [2.05, 4.69) is 10.3 Å². The number of amides is 1. The summed E-state index contributed by atoms with van der Waals surface area (Å²) in [6.45, 7) is 0. The van der Waals surface area contributed by atoms with Gasteiger partial charge in [0.1, 0.15) is 22.9 Å². The summed E-state index contributed by atoms with van der Waals surface area (Å²) in [6, 6.07) is 19.1. The molecule has 25 heavy (non-hydrogen) atoms. The predicted octanol–water partition coefficient (Wildman–Crippen LogP) is 4.25. The summed E-state index contributed by atoms with van der Waals surface area (Å²) < 4.78 is 7.06. The normalized spacial score (nSPS) is 11.2. The molecule has 0 saturated heterocycles. The molecule has 3 aromatic heterocycles. The van der Waals surface area contributed by atoms with E-state index in [-0.39, 0.29) is 5.91 Å². The van der Waals surface area contributed by atoms with Crippen LogP contribution in [0.5, 0.6) is 0 Å². The number of hydrogen-bond donors (Lipinski definition) is 1. The Bertz CT molecular complexity index is 1030. The molecule has 0 aliphatic carbocycles. The van der Waals surface area contributed by atoms with Crippen LogP contribution in [-0.4, -0.2) is 15.3 Å². The monoisotopic (exact) mass is 329 g/mol. The third kappa shape index (κ3) is 3.07. The van der Waals surface area contributed by atoms with Crippen molar-refractivity contribution in [3.05, 3.63) is 85.0 Å². The van der Waals surface area contributed by atoms with Crippen molar-refractivity contribution in [3.8, 4) is 11.3 Å². The molecule has 4 aromatic rings. The van der Waals surface area contributed by atoms with Gasteiger partial charge in [-0.1, -0.05) is 36.4 Å². The Morgan fingerprint density at radius 2 is 1.88 bits per heavy atom. The molecule has 122 valence electrons. The smallest absolute Gasteiger partial charge is 0.249 e. The average molecular weight is 329 g/mol. The van der Waals surface area contributed by atoms with E-state index in [1.54, 1.807) is 24.5 Å². The molecule has 1 N–H and O–H groups in total. The second-order valence-electron chi connectivity index (χ2n) is 5.44. The van der Waals surface area contributed by atoms with Crippen molar-refractivity contribution in [2.24, 2.45) is 0 Å². The molecule has 1 amide bonds. The van der Waals surface area contributed by atoms with Crippen LogP contribution in [0, 0.1) is 0 Å². The van der Waals surface area contributed by atoms with Crippen LogP contribution in [-0.2, 0) is 4.79 Å². The van der Waals surface area contributed by atoms with Gasteiger partial charge < -0.3 is 9.73 Å². The van der Waals surface area contributed by atoms with E-state index in [0.717, 1.165) is 16.9 Å². The Labute approximate surface area is 144 Å². The van der Waals surface area contributed by atoms with Crippen molar-refractivity contribution in [3.63, 3.8) is 0 Å². The first kappa shape index (κ1) is 15.0. The lowest BCUT2D eigenvalue weighted by atomic mass is 10.1. The number of pyridine rings is 1. The second kappa shape index (κ2) is 6.49. The Kier molecular flexibility index (Phi) is 3.88. The molecule has 0 atom stereocenters. The number of imidazole rings is 1. The van der Waals surface area contributed by atoms with Crippen LogP contribution in [0.15, 0.2) is 83.6 Å². The number of fused-ring (bicyclic) bond motifs is 1. The van der Waals surface area contributed by atoms with Crippen LogP contribution < -0.4 is 5.32 Å². The highest BCUT2D eigenvalue weighted by atomic mass is 16.3. The van der Waals surface area contributed by atoms with Crippen molar-refractivity contribution in [1.82, 2.24) is 9.38 Å². The van der Waals surface area contributed by atoms with E-state index < -0.39 is 0 Å². The van der Waals surface area contributed by atoms with Gasteiger partial charge in [0.25, 0.3) is 0 Å². The predicted molar refractivity (Wildman–Crippen MR) is 97.0 cm³/mol. The van der Waals surface area contributed by atoms with Gasteiger partial charge in [-0.15, -0.1) is 0 Å². The highest BCUT2D eigenvalue weighted by Gasteiger charge is 2.15. The molecule has 0 fully saturated rings. The van der Waals surface area contributed by atoms with Crippen LogP contribution in [0.4, 0.5) is 5.82 Å². The van der Waals surface area contributed by atoms with E-state index >= 15 is 0 Å². The minimum Gasteiger partial charge on any atom is -0.465 e. The molecular weight excluding hydrogens is 314 g/mol. The van der Waals surface area contributed by atoms with E-state index in [9.17, 15) is 4.79 Å². The summed E-state index contributed by atoms with van der Waals surface area (Å²) in [5.74, 6) is 1.01. The molecule has 0 unspecified atom stereocenters. The zero-order valence-corrected chi connectivity index (χ0v) is 13.3. The van der Waals surface area contributed by atoms with Crippen LogP contribution in [0.2, 0.25) is 0 Å². The van der Waals surface area contributed by atoms with Gasteiger partial charge in [-0.3, -0.25) is 9.20 Å². The van der Waals surface area contributed by atoms with Gasteiger partial charge in [-0.2, -0.15) is 0 Å². The summed E-state index contributed by atoms with van der Waals surface area (Å²) >= 11 is 0. The number of rotatable bonds is 4. The Hall–Kier alpha value is -3.60. The molecular formula is C20H15N3O2. The molecule has 0 radical (unpaired) electrons. The fourth-order valence-electron chi connectivity index (χ4n) is 2.61. The molecule has 0 aliphatic heterocycles. The molecule has 0 aliphatic rings. The third-order valence-corrected chi connectivity index (χ3v) is 3.76. The van der Waals surface area contributed by atoms with E-state index in [1.165, 1.54) is 6.08 Å². The highest BCUT2D eigenvalue weighted by molar-refractivity contribution is 6.03. The van der Waals surface area contributed by atoms with Crippen molar-refractivity contribution >= 4 is 23.4 Å². The first-order chi connectivity index (χ1) is 12.3. The fraction of sp³-hybridized carbons (Fsp3) is 0. The summed E-state index contributed by atoms with van der Waals surface area (Å²) in [5.41, 5.74) is 2.44. The summed E-state index contributed by atoms with van der Waals surface area (Å²) in [7, 11) is 0. The average Bonchev–Trinajstić information content (AvgIpc) is 3.29. The number of nitrogens with zero attached hydrogens (tertiary/aromatic N) is 2. The van der Waals surface area contributed by atoms with Gasteiger partial charge in [-0.25, -0.2) is 4.98 Å². The van der Waals surface area contributed by atoms with Crippen molar-refractivity contribution in [1.29, 1.82) is 0 Å². The maximum Gasteiger partial charge on any atom is 0.249 e. The Morgan fingerprint density at radius 3 is 2.68 bits per heavy atom. The molecule has 5 nitrogen and oxygen atoms in total. The van der Waals surface area contributed by atoms with Crippen molar-refractivity contribution in [2.45, 2.75) is 0 Å². The minimum absolute atomic E-state index is 0.251. The lowest BCUT2D eigenvalue weighted by Gasteiger charge is -2.05. The molecule has 1 aromatic carbocycles. The maximum absolute atomic E-state index is 12.4. The quantitative estimate of drug-likeness (QED) is 0.570. The molecule has 4 rings (SSSR count). The summed E-state index contributed by atoms with van der Waals surface area (Å²) in [4.78, 5) is 17.0. The number of furan rings is 1. The first-order valence-corrected chi connectivity index (χ1v) is 7.86. The number of aromatic nitrogens is 2. The van der Waals surface area contributed by atoms with Gasteiger partial charge in [-0.05, 0) is 30.3 Å². The van der Waals surface area contributed by atoms with Crippen molar-refractivity contribution < 1.29 is 9.21 Å². The van der Waals surface area contributed by atoms with Gasteiger partial charge in [0.15, 0.2) is 0 Å². The first-order valence-electron chi connectivity index (χ1n) is 7.86. The lowest BCUT2D eigenvalue weighted by Crippen LogP contribution is -2.10. The fourth-order valence-corrected chi connectivity index (χ4v) is 2.61.